The number of alkyl halides is 3. The van der Waals surface area contributed by atoms with Crippen molar-refractivity contribution in [3.05, 3.63) is 52.5 Å². The van der Waals surface area contributed by atoms with E-state index in [0.717, 1.165) is 16.6 Å². The molecule has 0 aliphatic heterocycles. The number of nitrogens with zero attached hydrogens (tertiary/aromatic N) is 1. The van der Waals surface area contributed by atoms with Crippen molar-refractivity contribution in [2.75, 3.05) is 11.5 Å². The summed E-state index contributed by atoms with van der Waals surface area (Å²) in [6.45, 7) is 0. The van der Waals surface area contributed by atoms with E-state index in [1.807, 2.05) is 0 Å². The lowest BCUT2D eigenvalue weighted by Gasteiger charge is -2.13. The number of nitrogen functional groups attached to an aromatic ring is 2. The van der Waals surface area contributed by atoms with E-state index >= 15 is 0 Å². The van der Waals surface area contributed by atoms with Crippen LogP contribution >= 0.6 is 15.9 Å². The zero-order valence-electron chi connectivity index (χ0n) is 11.7. The Morgan fingerprint density at radius 3 is 2.39 bits per heavy atom. The average molecular weight is 382 g/mol. The van der Waals surface area contributed by atoms with Crippen LogP contribution in [-0.2, 0) is 6.18 Å². The molecule has 3 rings (SSSR count). The maximum atomic E-state index is 12.9. The third-order valence-electron chi connectivity index (χ3n) is 3.49. The molecule has 4 N–H and O–H groups in total. The van der Waals surface area contributed by atoms with E-state index in [-0.39, 0.29) is 16.9 Å². The van der Waals surface area contributed by atoms with Crippen molar-refractivity contribution in [1.82, 2.24) is 4.98 Å². The van der Waals surface area contributed by atoms with E-state index in [2.05, 4.69) is 20.9 Å². The Kier molecular flexibility index (Phi) is 3.68. The van der Waals surface area contributed by atoms with Gasteiger partial charge in [-0.15, -0.1) is 0 Å². The van der Waals surface area contributed by atoms with Gasteiger partial charge in [-0.25, -0.2) is 4.98 Å². The molecule has 0 fully saturated rings. The molecule has 3 nitrogen and oxygen atoms in total. The summed E-state index contributed by atoms with van der Waals surface area (Å²) in [6, 6.07) is 10.1. The Balaban J connectivity index is 2.25. The van der Waals surface area contributed by atoms with Crippen LogP contribution < -0.4 is 11.5 Å². The number of nitrogens with two attached hydrogens (primary N) is 2. The zero-order valence-corrected chi connectivity index (χ0v) is 13.2. The molecule has 0 bridgehead atoms. The maximum Gasteiger partial charge on any atom is 0.416 e. The average Bonchev–Trinajstić information content (AvgIpc) is 2.50. The number of halogens is 4. The third-order valence-corrected chi connectivity index (χ3v) is 3.98. The highest BCUT2D eigenvalue weighted by molar-refractivity contribution is 9.10. The largest absolute Gasteiger partial charge is 0.416 e. The van der Waals surface area contributed by atoms with Crippen molar-refractivity contribution in [3.8, 4) is 11.3 Å². The van der Waals surface area contributed by atoms with Gasteiger partial charge < -0.3 is 11.5 Å². The van der Waals surface area contributed by atoms with Crippen LogP contribution in [0.5, 0.6) is 0 Å². The lowest BCUT2D eigenvalue weighted by molar-refractivity contribution is -0.137. The molecule has 1 aromatic heterocycles. The minimum absolute atomic E-state index is 0.162. The molecule has 118 valence electrons. The number of hydrogen-bond donors (Lipinski definition) is 2. The predicted octanol–water partition coefficient (Wildman–Crippen LogP) is 4.85. The van der Waals surface area contributed by atoms with Crippen molar-refractivity contribution in [3.63, 3.8) is 0 Å². The van der Waals surface area contributed by atoms with Gasteiger partial charge in [0.15, 0.2) is 0 Å². The summed E-state index contributed by atoms with van der Waals surface area (Å²) in [4.78, 5) is 4.38. The van der Waals surface area contributed by atoms with E-state index in [1.54, 1.807) is 18.2 Å². The van der Waals surface area contributed by atoms with Crippen molar-refractivity contribution < 1.29 is 13.2 Å². The smallest absolute Gasteiger partial charge is 0.396 e. The van der Waals surface area contributed by atoms with Gasteiger partial charge in [0.05, 0.1) is 28.1 Å². The number of anilines is 2. The second kappa shape index (κ2) is 5.42. The Bertz CT molecular complexity index is 907. The topological polar surface area (TPSA) is 64.9 Å². The third kappa shape index (κ3) is 2.84. The highest BCUT2D eigenvalue weighted by atomic mass is 79.9. The monoisotopic (exact) mass is 381 g/mol. The Morgan fingerprint density at radius 2 is 1.70 bits per heavy atom. The maximum absolute atomic E-state index is 12.9. The molecule has 0 atom stereocenters. The molecule has 1 heterocycles. The number of benzene rings is 2. The van der Waals surface area contributed by atoms with E-state index in [1.165, 1.54) is 12.1 Å². The van der Waals surface area contributed by atoms with Gasteiger partial charge in [-0.3, -0.25) is 0 Å². The van der Waals surface area contributed by atoms with Crippen LogP contribution in [0.4, 0.5) is 24.5 Å². The Hall–Kier alpha value is -2.28. The van der Waals surface area contributed by atoms with Crippen molar-refractivity contribution in [2.45, 2.75) is 6.18 Å². The second-order valence-corrected chi connectivity index (χ2v) is 5.94. The first-order valence-electron chi connectivity index (χ1n) is 6.59. The fraction of sp³-hybridized carbons (Fsp3) is 0.0625. The first-order chi connectivity index (χ1) is 10.8. The summed E-state index contributed by atoms with van der Waals surface area (Å²) >= 11 is 3.34. The molecule has 0 aliphatic carbocycles. The molecule has 0 spiro atoms. The van der Waals surface area contributed by atoms with Crippen LogP contribution in [0.2, 0.25) is 0 Å². The lowest BCUT2D eigenvalue weighted by atomic mass is 10.0. The molecule has 0 aliphatic rings. The SMILES string of the molecule is Nc1c(-c2cccc(C(F)(F)F)c2)nc2ccc(Br)cc2c1N. The minimum Gasteiger partial charge on any atom is -0.396 e. The zero-order chi connectivity index (χ0) is 16.8. The summed E-state index contributed by atoms with van der Waals surface area (Å²) in [7, 11) is 0. The predicted molar refractivity (Wildman–Crippen MR) is 88.7 cm³/mol. The van der Waals surface area contributed by atoms with Gasteiger partial charge in [0.2, 0.25) is 0 Å². The number of pyridine rings is 1. The lowest BCUT2D eigenvalue weighted by Crippen LogP contribution is -2.06. The molecule has 7 heteroatoms. The molecule has 3 aromatic rings. The molecule has 0 unspecified atom stereocenters. The Morgan fingerprint density at radius 1 is 0.957 bits per heavy atom. The first-order valence-corrected chi connectivity index (χ1v) is 7.38. The van der Waals surface area contributed by atoms with Crippen molar-refractivity contribution in [2.24, 2.45) is 0 Å². The fourth-order valence-electron chi connectivity index (χ4n) is 2.34. The van der Waals surface area contributed by atoms with Crippen LogP contribution in [0.1, 0.15) is 5.56 Å². The summed E-state index contributed by atoms with van der Waals surface area (Å²) in [5.41, 5.74) is 12.8. The second-order valence-electron chi connectivity index (χ2n) is 5.03. The van der Waals surface area contributed by atoms with Crippen molar-refractivity contribution >= 4 is 38.2 Å². The van der Waals surface area contributed by atoms with E-state index in [4.69, 9.17) is 11.5 Å². The summed E-state index contributed by atoms with van der Waals surface area (Å²) in [6.07, 6.45) is -4.43. The van der Waals surface area contributed by atoms with Crippen molar-refractivity contribution in [1.29, 1.82) is 0 Å². The molecule has 0 amide bonds. The molecular weight excluding hydrogens is 371 g/mol. The number of aromatic nitrogens is 1. The van der Waals surface area contributed by atoms with Gasteiger partial charge in [-0.05, 0) is 30.3 Å². The molecule has 0 saturated heterocycles. The fourth-order valence-corrected chi connectivity index (χ4v) is 2.70. The molecule has 0 saturated carbocycles. The van der Waals surface area contributed by atoms with Gasteiger partial charge >= 0.3 is 6.18 Å². The molecule has 23 heavy (non-hydrogen) atoms. The minimum atomic E-state index is -4.43. The summed E-state index contributed by atoms with van der Waals surface area (Å²) < 4.78 is 39.4. The highest BCUT2D eigenvalue weighted by Crippen LogP contribution is 2.37. The number of rotatable bonds is 1. The van der Waals surface area contributed by atoms with Gasteiger partial charge in [0.25, 0.3) is 0 Å². The number of fused-ring (bicyclic) bond motifs is 1. The molecular formula is C16H11BrF3N3. The van der Waals surface area contributed by atoms with Crippen LogP contribution in [0.3, 0.4) is 0 Å². The van der Waals surface area contributed by atoms with Crippen LogP contribution in [0.25, 0.3) is 22.2 Å². The Labute approximate surface area is 138 Å². The van der Waals surface area contributed by atoms with Gasteiger partial charge in [-0.1, -0.05) is 28.1 Å². The summed E-state index contributed by atoms with van der Waals surface area (Å²) in [5.74, 6) is 0. The quantitative estimate of drug-likeness (QED) is 0.633. The number of hydrogen-bond acceptors (Lipinski definition) is 3. The molecule has 0 radical (unpaired) electrons. The van der Waals surface area contributed by atoms with Crippen LogP contribution in [0, 0.1) is 0 Å². The van der Waals surface area contributed by atoms with Gasteiger partial charge in [-0.2, -0.15) is 13.2 Å². The normalized spacial score (nSPS) is 11.8. The highest BCUT2D eigenvalue weighted by Gasteiger charge is 2.30. The van der Waals surface area contributed by atoms with Gasteiger partial charge in [0.1, 0.15) is 0 Å². The summed E-state index contributed by atoms with van der Waals surface area (Å²) in [5, 5.41) is 0.646. The van der Waals surface area contributed by atoms with Crippen LogP contribution in [-0.4, -0.2) is 4.98 Å². The van der Waals surface area contributed by atoms with E-state index < -0.39 is 11.7 Å². The van der Waals surface area contributed by atoms with E-state index in [0.29, 0.717) is 16.6 Å². The van der Waals surface area contributed by atoms with Crippen LogP contribution in [0.15, 0.2) is 46.9 Å². The standard InChI is InChI=1S/C16H11BrF3N3/c17-10-4-5-12-11(7-10)13(21)14(22)15(23-12)8-2-1-3-9(6-8)16(18,19)20/h1-7H,22H2,(H2,21,23). The molecule has 2 aromatic carbocycles. The first kappa shape index (κ1) is 15.6. The van der Waals surface area contributed by atoms with Gasteiger partial charge in [0, 0.05) is 15.4 Å². The van der Waals surface area contributed by atoms with E-state index in [9.17, 15) is 13.2 Å².